The third kappa shape index (κ3) is 3.70. The Morgan fingerprint density at radius 1 is 0.893 bits per heavy atom. The second-order valence-electron chi connectivity index (χ2n) is 6.54. The molecule has 142 valence electrons. The molecule has 6 nitrogen and oxygen atoms in total. The monoisotopic (exact) mass is 394 g/mol. The van der Waals surface area contributed by atoms with Gasteiger partial charge in [-0.05, 0) is 30.3 Å². The van der Waals surface area contributed by atoms with Gasteiger partial charge in [-0.2, -0.15) is 0 Å². The van der Waals surface area contributed by atoms with Gasteiger partial charge in [0.15, 0.2) is 0 Å². The molecule has 0 saturated carbocycles. The first-order chi connectivity index (χ1) is 13.4. The quantitative estimate of drug-likeness (QED) is 0.707. The van der Waals surface area contributed by atoms with Gasteiger partial charge in [0.1, 0.15) is 11.5 Å². The van der Waals surface area contributed by atoms with Crippen LogP contribution in [0.5, 0.6) is 11.5 Å². The first kappa shape index (κ1) is 18.1. The highest BCUT2D eigenvalue weighted by Crippen LogP contribution is 2.42. The molecule has 3 aromatic rings. The summed E-state index contributed by atoms with van der Waals surface area (Å²) >= 11 is 0. The van der Waals surface area contributed by atoms with Crippen molar-refractivity contribution in [2.75, 3.05) is 11.0 Å². The van der Waals surface area contributed by atoms with E-state index in [0.29, 0.717) is 22.7 Å². The van der Waals surface area contributed by atoms with E-state index in [4.69, 9.17) is 4.74 Å². The minimum atomic E-state index is -3.43. The highest BCUT2D eigenvalue weighted by atomic mass is 32.2. The number of para-hydroxylation sites is 2. The molecule has 1 amide bonds. The second-order valence-corrected chi connectivity index (χ2v) is 8.29. The summed E-state index contributed by atoms with van der Waals surface area (Å²) in [6.45, 7) is 0. The number of sulfonamides is 1. The average Bonchev–Trinajstić information content (AvgIpc) is 2.66. The van der Waals surface area contributed by atoms with E-state index in [0.717, 1.165) is 17.4 Å². The van der Waals surface area contributed by atoms with E-state index in [2.05, 4.69) is 10.0 Å². The van der Waals surface area contributed by atoms with Crippen molar-refractivity contribution in [1.82, 2.24) is 5.32 Å². The maximum atomic E-state index is 12.9. The fourth-order valence-electron chi connectivity index (χ4n) is 3.22. The molecule has 0 saturated heterocycles. The molecule has 0 atom stereocenters. The number of hydrogen-bond donors (Lipinski definition) is 2. The number of rotatable bonds is 4. The Morgan fingerprint density at radius 2 is 1.50 bits per heavy atom. The lowest BCUT2D eigenvalue weighted by Gasteiger charge is -2.28. The van der Waals surface area contributed by atoms with Crippen molar-refractivity contribution in [3.8, 4) is 11.5 Å². The summed E-state index contributed by atoms with van der Waals surface area (Å²) in [4.78, 5) is 12.9. The number of ether oxygens (including phenoxy) is 1. The Balaban J connectivity index is 1.66. The molecule has 3 aromatic carbocycles. The van der Waals surface area contributed by atoms with Gasteiger partial charge in [-0.15, -0.1) is 0 Å². The number of fused-ring (bicyclic) bond motifs is 2. The molecule has 0 radical (unpaired) electrons. The highest BCUT2D eigenvalue weighted by molar-refractivity contribution is 7.92. The van der Waals surface area contributed by atoms with Crippen molar-refractivity contribution < 1.29 is 17.9 Å². The summed E-state index contributed by atoms with van der Waals surface area (Å²) in [6.07, 6.45) is 1.07. The van der Waals surface area contributed by atoms with Gasteiger partial charge in [0.05, 0.1) is 12.3 Å². The minimum absolute atomic E-state index is 0.311. The molecule has 2 N–H and O–H groups in total. The lowest BCUT2D eigenvalue weighted by Crippen LogP contribution is -2.31. The maximum absolute atomic E-state index is 12.9. The Bertz CT molecular complexity index is 1110. The van der Waals surface area contributed by atoms with Crippen molar-refractivity contribution in [2.45, 2.75) is 6.04 Å². The summed E-state index contributed by atoms with van der Waals surface area (Å²) in [6, 6.07) is 21.1. The largest absolute Gasteiger partial charge is 0.457 e. The molecular formula is C21H18N2O4S. The van der Waals surface area contributed by atoms with E-state index in [9.17, 15) is 13.2 Å². The van der Waals surface area contributed by atoms with E-state index >= 15 is 0 Å². The topological polar surface area (TPSA) is 84.5 Å². The van der Waals surface area contributed by atoms with Crippen LogP contribution in [0.1, 0.15) is 27.5 Å². The zero-order valence-electron chi connectivity index (χ0n) is 15.0. The second kappa shape index (κ2) is 7.01. The van der Waals surface area contributed by atoms with Crippen LogP contribution in [0.2, 0.25) is 0 Å². The Kier molecular flexibility index (Phi) is 4.52. The Hall–Kier alpha value is -3.32. The van der Waals surface area contributed by atoms with E-state index in [1.165, 1.54) is 6.07 Å². The van der Waals surface area contributed by atoms with E-state index in [-0.39, 0.29) is 11.9 Å². The van der Waals surface area contributed by atoms with Crippen LogP contribution in [-0.4, -0.2) is 20.6 Å². The molecule has 1 aliphatic heterocycles. The van der Waals surface area contributed by atoms with Crippen LogP contribution < -0.4 is 14.8 Å². The third-order valence-corrected chi connectivity index (χ3v) is 4.99. The molecule has 28 heavy (non-hydrogen) atoms. The predicted octanol–water partition coefficient (Wildman–Crippen LogP) is 3.68. The van der Waals surface area contributed by atoms with Crippen molar-refractivity contribution in [3.63, 3.8) is 0 Å². The molecule has 4 rings (SSSR count). The van der Waals surface area contributed by atoms with Crippen molar-refractivity contribution in [3.05, 3.63) is 89.5 Å². The molecule has 1 heterocycles. The van der Waals surface area contributed by atoms with Crippen LogP contribution in [0.4, 0.5) is 5.69 Å². The molecule has 0 spiro atoms. The molecule has 0 fully saturated rings. The van der Waals surface area contributed by atoms with Gasteiger partial charge < -0.3 is 10.1 Å². The van der Waals surface area contributed by atoms with Crippen molar-refractivity contribution >= 4 is 21.6 Å². The van der Waals surface area contributed by atoms with Crippen LogP contribution in [0, 0.1) is 0 Å². The van der Waals surface area contributed by atoms with Gasteiger partial charge in [-0.3, -0.25) is 9.52 Å². The number of carbonyl (C=O) groups is 1. The summed E-state index contributed by atoms with van der Waals surface area (Å²) in [5.41, 5.74) is 2.41. The lowest BCUT2D eigenvalue weighted by atomic mass is 9.94. The van der Waals surface area contributed by atoms with Gasteiger partial charge in [0.2, 0.25) is 10.0 Å². The number of carbonyl (C=O) groups excluding carboxylic acids is 1. The van der Waals surface area contributed by atoms with Gasteiger partial charge in [-0.1, -0.05) is 42.5 Å². The van der Waals surface area contributed by atoms with Crippen LogP contribution in [0.15, 0.2) is 72.8 Å². The van der Waals surface area contributed by atoms with Crippen LogP contribution in [-0.2, 0) is 10.0 Å². The highest BCUT2D eigenvalue weighted by Gasteiger charge is 2.28. The standard InChI is InChI=1S/C21H18N2O4S/c1-28(25,26)23-15-8-6-7-14(13-15)21(24)22-20-16-9-2-4-11-18(16)27-19-12-5-3-10-17(19)20/h2-13,20,23H,1H3,(H,22,24). The number of hydrogen-bond acceptors (Lipinski definition) is 4. The minimum Gasteiger partial charge on any atom is -0.457 e. The molecule has 0 unspecified atom stereocenters. The molecule has 0 bridgehead atoms. The zero-order valence-corrected chi connectivity index (χ0v) is 15.9. The SMILES string of the molecule is CS(=O)(=O)Nc1cccc(C(=O)NC2c3ccccc3Oc3ccccc32)c1. The van der Waals surface area contributed by atoms with Crippen molar-refractivity contribution in [1.29, 1.82) is 0 Å². The van der Waals surface area contributed by atoms with Crippen molar-refractivity contribution in [2.24, 2.45) is 0 Å². The maximum Gasteiger partial charge on any atom is 0.252 e. The van der Waals surface area contributed by atoms with E-state index in [1.54, 1.807) is 18.2 Å². The fraction of sp³-hybridized carbons (Fsp3) is 0.0952. The van der Waals surface area contributed by atoms with Gasteiger partial charge >= 0.3 is 0 Å². The third-order valence-electron chi connectivity index (χ3n) is 4.38. The van der Waals surface area contributed by atoms with Gasteiger partial charge in [0, 0.05) is 22.4 Å². The fourth-order valence-corrected chi connectivity index (χ4v) is 3.77. The smallest absolute Gasteiger partial charge is 0.252 e. The van der Waals surface area contributed by atoms with E-state index < -0.39 is 10.0 Å². The summed E-state index contributed by atoms with van der Waals surface area (Å²) in [5.74, 6) is 1.08. The van der Waals surface area contributed by atoms with Gasteiger partial charge in [0.25, 0.3) is 5.91 Å². The summed E-state index contributed by atoms with van der Waals surface area (Å²) in [7, 11) is -3.43. The van der Waals surface area contributed by atoms with Gasteiger partial charge in [-0.25, -0.2) is 8.42 Å². The zero-order chi connectivity index (χ0) is 19.7. The normalized spacial score (nSPS) is 13.0. The first-order valence-electron chi connectivity index (χ1n) is 8.65. The van der Waals surface area contributed by atoms with E-state index in [1.807, 2.05) is 48.5 Å². The Morgan fingerprint density at radius 3 is 2.11 bits per heavy atom. The average molecular weight is 394 g/mol. The van der Waals surface area contributed by atoms with Crippen LogP contribution in [0.25, 0.3) is 0 Å². The summed E-state index contributed by atoms with van der Waals surface area (Å²) in [5, 5.41) is 3.04. The number of anilines is 1. The number of amides is 1. The number of nitrogens with one attached hydrogen (secondary N) is 2. The number of benzene rings is 3. The van der Waals surface area contributed by atoms with Crippen LogP contribution >= 0.6 is 0 Å². The Labute approximate surface area is 163 Å². The molecular weight excluding hydrogens is 376 g/mol. The molecule has 0 aromatic heterocycles. The molecule has 7 heteroatoms. The van der Waals surface area contributed by atoms with Crippen LogP contribution in [0.3, 0.4) is 0 Å². The summed E-state index contributed by atoms with van der Waals surface area (Å²) < 4.78 is 31.2. The lowest BCUT2D eigenvalue weighted by molar-refractivity contribution is 0.0941. The predicted molar refractivity (Wildman–Crippen MR) is 107 cm³/mol. The first-order valence-corrected chi connectivity index (χ1v) is 10.5. The molecule has 0 aliphatic carbocycles. The molecule has 1 aliphatic rings.